The average molecular weight is 363 g/mol. The first-order chi connectivity index (χ1) is 13.1. The Labute approximate surface area is 159 Å². The third-order valence-corrected chi connectivity index (χ3v) is 7.17. The smallest absolute Gasteiger partial charge is 0.254 e. The van der Waals surface area contributed by atoms with Gasteiger partial charge in [0.15, 0.2) is 0 Å². The number of nitrogens with zero attached hydrogens (tertiary/aromatic N) is 3. The van der Waals surface area contributed by atoms with Gasteiger partial charge < -0.3 is 4.90 Å². The highest BCUT2D eigenvalue weighted by molar-refractivity contribution is 6.07. The highest BCUT2D eigenvalue weighted by atomic mass is 16.2. The van der Waals surface area contributed by atoms with E-state index in [1.54, 1.807) is 6.21 Å². The first kappa shape index (κ1) is 16.7. The molecule has 1 saturated heterocycles. The number of allylic oxidation sites excluding steroid dienone is 2. The standard InChI is InChI=1S/C22H25N3O2/c1-3-24(4-2)15-7-5-14(6-8-15)13-23-25-20(26)18-16-9-10-17(19(18)21(25)27)22(16)11-12-22/h5-10,13,16-19H,3-4,11-12H2,1-2H3/b23-13-/t16-,17+,18-,19-/m0/s1. The van der Waals surface area contributed by atoms with Gasteiger partial charge in [0.05, 0.1) is 18.1 Å². The van der Waals surface area contributed by atoms with Gasteiger partial charge in [0.25, 0.3) is 11.8 Å². The van der Waals surface area contributed by atoms with Crippen LogP contribution >= 0.6 is 0 Å². The molecular weight excluding hydrogens is 338 g/mol. The molecule has 3 fully saturated rings. The van der Waals surface area contributed by atoms with E-state index in [0.717, 1.165) is 42.2 Å². The van der Waals surface area contributed by atoms with Crippen molar-refractivity contribution in [3.63, 3.8) is 0 Å². The maximum atomic E-state index is 12.9. The molecule has 3 aliphatic carbocycles. The van der Waals surface area contributed by atoms with Crippen LogP contribution in [0.3, 0.4) is 0 Å². The largest absolute Gasteiger partial charge is 0.372 e. The zero-order valence-electron chi connectivity index (χ0n) is 15.8. The molecule has 5 rings (SSSR count). The summed E-state index contributed by atoms with van der Waals surface area (Å²) in [6, 6.07) is 8.07. The number of hydrogen-bond acceptors (Lipinski definition) is 4. The van der Waals surface area contributed by atoms with Crippen LogP contribution < -0.4 is 4.90 Å². The van der Waals surface area contributed by atoms with Gasteiger partial charge in [-0.05, 0) is 61.6 Å². The molecule has 0 unspecified atom stereocenters. The normalized spacial score (nSPS) is 32.1. The lowest BCUT2D eigenvalue weighted by molar-refractivity contribution is -0.141. The summed E-state index contributed by atoms with van der Waals surface area (Å²) in [5, 5.41) is 5.42. The van der Waals surface area contributed by atoms with Gasteiger partial charge in [-0.3, -0.25) is 9.59 Å². The van der Waals surface area contributed by atoms with E-state index in [0.29, 0.717) is 0 Å². The number of fused-ring (bicyclic) bond motifs is 3. The molecular formula is C22H25N3O2. The molecule has 5 nitrogen and oxygen atoms in total. The maximum absolute atomic E-state index is 12.9. The van der Waals surface area contributed by atoms with Crippen molar-refractivity contribution in [2.24, 2.45) is 34.2 Å². The monoisotopic (exact) mass is 363 g/mol. The second-order valence-corrected chi connectivity index (χ2v) is 8.22. The lowest BCUT2D eigenvalue weighted by atomic mass is 9.85. The molecule has 4 atom stereocenters. The molecule has 2 saturated carbocycles. The minimum atomic E-state index is -0.183. The number of benzene rings is 1. The fraction of sp³-hybridized carbons (Fsp3) is 0.500. The third kappa shape index (κ3) is 2.20. The Kier molecular flexibility index (Phi) is 3.58. The first-order valence-electron chi connectivity index (χ1n) is 10.1. The Morgan fingerprint density at radius 2 is 1.59 bits per heavy atom. The van der Waals surface area contributed by atoms with Crippen LogP contribution in [-0.2, 0) is 9.59 Å². The number of amides is 2. The molecule has 1 aromatic rings. The fourth-order valence-electron chi connectivity index (χ4n) is 5.66. The number of carbonyl (C=O) groups is 2. The fourth-order valence-corrected chi connectivity index (χ4v) is 5.66. The Bertz CT molecular complexity index is 815. The van der Waals surface area contributed by atoms with E-state index in [-0.39, 0.29) is 40.9 Å². The Morgan fingerprint density at radius 3 is 2.07 bits per heavy atom. The van der Waals surface area contributed by atoms with Crippen molar-refractivity contribution in [2.45, 2.75) is 26.7 Å². The van der Waals surface area contributed by atoms with Crippen molar-refractivity contribution in [1.82, 2.24) is 5.01 Å². The van der Waals surface area contributed by atoms with Crippen LogP contribution in [0.2, 0.25) is 0 Å². The van der Waals surface area contributed by atoms with E-state index in [4.69, 9.17) is 0 Å². The molecule has 1 spiro atoms. The lowest BCUT2D eigenvalue weighted by Gasteiger charge is -2.21. The van der Waals surface area contributed by atoms with Crippen molar-refractivity contribution in [1.29, 1.82) is 0 Å². The summed E-state index contributed by atoms with van der Waals surface area (Å²) in [4.78, 5) is 28.1. The van der Waals surface area contributed by atoms with Crippen LogP contribution in [0.5, 0.6) is 0 Å². The summed E-state index contributed by atoms with van der Waals surface area (Å²) in [5.74, 6) is -0.0855. The van der Waals surface area contributed by atoms with Crippen LogP contribution in [0.25, 0.3) is 0 Å². The molecule has 0 radical (unpaired) electrons. The van der Waals surface area contributed by atoms with Crippen molar-refractivity contribution in [3.8, 4) is 0 Å². The summed E-state index contributed by atoms with van der Waals surface area (Å²) in [6.45, 7) is 6.19. The van der Waals surface area contributed by atoms with Gasteiger partial charge in [-0.15, -0.1) is 0 Å². The van der Waals surface area contributed by atoms with Crippen molar-refractivity contribution in [3.05, 3.63) is 42.0 Å². The first-order valence-corrected chi connectivity index (χ1v) is 10.1. The summed E-state index contributed by atoms with van der Waals surface area (Å²) in [5.41, 5.74) is 2.29. The lowest BCUT2D eigenvalue weighted by Crippen LogP contribution is -2.30. The number of hydrogen-bond donors (Lipinski definition) is 0. The van der Waals surface area contributed by atoms with Crippen LogP contribution in [0.4, 0.5) is 5.69 Å². The van der Waals surface area contributed by atoms with Gasteiger partial charge in [0.1, 0.15) is 0 Å². The maximum Gasteiger partial charge on any atom is 0.254 e. The predicted molar refractivity (Wildman–Crippen MR) is 104 cm³/mol. The van der Waals surface area contributed by atoms with Crippen molar-refractivity contribution >= 4 is 23.7 Å². The van der Waals surface area contributed by atoms with E-state index in [2.05, 4.69) is 48.1 Å². The van der Waals surface area contributed by atoms with Crippen LogP contribution in [0.15, 0.2) is 41.5 Å². The molecule has 0 aromatic heterocycles. The van der Waals surface area contributed by atoms with Crippen LogP contribution in [0.1, 0.15) is 32.3 Å². The van der Waals surface area contributed by atoms with Gasteiger partial charge in [-0.1, -0.05) is 24.3 Å². The molecule has 2 amide bonds. The van der Waals surface area contributed by atoms with E-state index >= 15 is 0 Å². The molecule has 5 heteroatoms. The number of imide groups is 1. The molecule has 1 aromatic carbocycles. The second kappa shape index (κ2) is 5.78. The molecule has 0 N–H and O–H groups in total. The molecule has 2 bridgehead atoms. The predicted octanol–water partition coefficient (Wildman–Crippen LogP) is 3.06. The quantitative estimate of drug-likeness (QED) is 0.459. The van der Waals surface area contributed by atoms with E-state index in [9.17, 15) is 9.59 Å². The van der Waals surface area contributed by atoms with E-state index in [1.807, 2.05) is 12.1 Å². The summed E-state index contributed by atoms with van der Waals surface area (Å²) in [6.07, 6.45) is 8.31. The van der Waals surface area contributed by atoms with E-state index in [1.165, 1.54) is 0 Å². The van der Waals surface area contributed by atoms with Gasteiger partial charge in [-0.2, -0.15) is 10.1 Å². The minimum absolute atomic E-state index is 0.107. The Morgan fingerprint density at radius 1 is 1.04 bits per heavy atom. The van der Waals surface area contributed by atoms with E-state index < -0.39 is 0 Å². The third-order valence-electron chi connectivity index (χ3n) is 7.17. The van der Waals surface area contributed by atoms with Gasteiger partial charge >= 0.3 is 0 Å². The number of carbonyl (C=O) groups excluding carboxylic acids is 2. The zero-order valence-corrected chi connectivity index (χ0v) is 15.8. The Balaban J connectivity index is 1.34. The van der Waals surface area contributed by atoms with Gasteiger partial charge in [0.2, 0.25) is 0 Å². The second-order valence-electron chi connectivity index (χ2n) is 8.22. The van der Waals surface area contributed by atoms with Gasteiger partial charge in [-0.25, -0.2) is 0 Å². The highest BCUT2D eigenvalue weighted by Crippen LogP contribution is 2.73. The molecule has 4 aliphatic rings. The van der Waals surface area contributed by atoms with Crippen LogP contribution in [-0.4, -0.2) is 36.1 Å². The van der Waals surface area contributed by atoms with Gasteiger partial charge in [0, 0.05) is 18.8 Å². The average Bonchev–Trinajstić information content (AvgIpc) is 3.29. The minimum Gasteiger partial charge on any atom is -0.372 e. The number of hydrazone groups is 1. The summed E-state index contributed by atoms with van der Waals surface area (Å²) < 4.78 is 0. The summed E-state index contributed by atoms with van der Waals surface area (Å²) in [7, 11) is 0. The zero-order chi connectivity index (χ0) is 18.8. The number of anilines is 1. The number of rotatable bonds is 5. The molecule has 27 heavy (non-hydrogen) atoms. The SMILES string of the molecule is CCN(CC)c1ccc(/C=N\N2C(=O)[C@@H]3[C@@H](C2=O)[C@@H]2C=C[C@H]3C23CC3)cc1. The van der Waals surface area contributed by atoms with Crippen molar-refractivity contribution in [2.75, 3.05) is 18.0 Å². The molecule has 1 heterocycles. The van der Waals surface area contributed by atoms with Crippen molar-refractivity contribution < 1.29 is 9.59 Å². The molecule has 1 aliphatic heterocycles. The van der Waals surface area contributed by atoms with Crippen LogP contribution in [0, 0.1) is 29.1 Å². The topological polar surface area (TPSA) is 53.0 Å². The summed E-state index contributed by atoms with van der Waals surface area (Å²) >= 11 is 0. The highest BCUT2D eigenvalue weighted by Gasteiger charge is 2.73. The Hall–Kier alpha value is -2.43. The molecule has 140 valence electrons.